The first-order chi connectivity index (χ1) is 22.4. The highest BCUT2D eigenvalue weighted by atomic mass is 19.1. The lowest BCUT2D eigenvalue weighted by Gasteiger charge is -2.31. The highest BCUT2D eigenvalue weighted by Crippen LogP contribution is 2.43. The lowest BCUT2D eigenvalue weighted by Crippen LogP contribution is -2.43. The molecular weight excluding hydrogens is 590 g/mol. The van der Waals surface area contributed by atoms with Gasteiger partial charge in [-0.3, -0.25) is 4.90 Å². The number of aryl methyl sites for hydroxylation is 1. The number of hydrogen-bond acceptors (Lipinski definition) is 8. The quantitative estimate of drug-likeness (QED) is 0.241. The minimum Gasteiger partial charge on any atom is -0.508 e. The predicted molar refractivity (Wildman–Crippen MR) is 173 cm³/mol. The van der Waals surface area contributed by atoms with Gasteiger partial charge in [-0.15, -0.1) is 0 Å². The minimum atomic E-state index is -0.640. The molecular formula is C35H38F2N6O3. The van der Waals surface area contributed by atoms with Crippen LogP contribution >= 0.6 is 0 Å². The van der Waals surface area contributed by atoms with Gasteiger partial charge in [0.2, 0.25) is 0 Å². The van der Waals surface area contributed by atoms with Crippen molar-refractivity contribution in [1.29, 1.82) is 0 Å². The number of halogens is 2. The summed E-state index contributed by atoms with van der Waals surface area (Å²) in [6, 6.07) is 7.98. The zero-order valence-electron chi connectivity index (χ0n) is 26.2. The fraction of sp³-hybridized carbons (Fsp3) is 0.457. The van der Waals surface area contributed by atoms with Crippen LogP contribution in [0.2, 0.25) is 0 Å². The van der Waals surface area contributed by atoms with Crippen molar-refractivity contribution >= 4 is 33.0 Å². The van der Waals surface area contributed by atoms with Gasteiger partial charge in [0, 0.05) is 18.7 Å². The summed E-state index contributed by atoms with van der Waals surface area (Å²) in [5.41, 5.74) is 1.53. The highest BCUT2D eigenvalue weighted by Gasteiger charge is 2.45. The number of aromatic hydroxyl groups is 1. The van der Waals surface area contributed by atoms with Crippen LogP contribution in [-0.2, 0) is 11.2 Å². The van der Waals surface area contributed by atoms with E-state index in [1.54, 1.807) is 18.3 Å². The first-order valence-electron chi connectivity index (χ1n) is 16.4. The molecule has 8 rings (SSSR count). The Balaban J connectivity index is 1.38. The van der Waals surface area contributed by atoms with Gasteiger partial charge in [-0.1, -0.05) is 19.9 Å². The number of fused-ring (bicyclic) bond motifs is 5. The van der Waals surface area contributed by atoms with Crippen molar-refractivity contribution in [2.24, 2.45) is 5.92 Å². The number of ether oxygens (including phenoxy) is 2. The summed E-state index contributed by atoms with van der Waals surface area (Å²) in [6.45, 7) is 8.94. The summed E-state index contributed by atoms with van der Waals surface area (Å²) >= 11 is 0. The molecule has 3 aromatic heterocycles. The Morgan fingerprint density at radius 2 is 1.89 bits per heavy atom. The largest absolute Gasteiger partial charge is 0.508 e. The monoisotopic (exact) mass is 628 g/mol. The summed E-state index contributed by atoms with van der Waals surface area (Å²) in [6.07, 6.45) is 6.38. The van der Waals surface area contributed by atoms with Crippen molar-refractivity contribution in [3.63, 3.8) is 0 Å². The van der Waals surface area contributed by atoms with Gasteiger partial charge in [-0.25, -0.2) is 13.3 Å². The maximum Gasteiger partial charge on any atom is 0.319 e. The third-order valence-electron chi connectivity index (χ3n) is 10.2. The second kappa shape index (κ2) is 11.3. The van der Waals surface area contributed by atoms with Crippen molar-refractivity contribution in [2.45, 2.75) is 51.5 Å². The summed E-state index contributed by atoms with van der Waals surface area (Å²) in [5.74, 6) is -0.281. The van der Waals surface area contributed by atoms with Gasteiger partial charge in [0.1, 0.15) is 35.2 Å². The van der Waals surface area contributed by atoms with Crippen LogP contribution in [0.3, 0.4) is 0 Å². The molecule has 3 aliphatic rings. The standard InChI is InChI=1S/C35H38F2N6O3/c1-3-24-26(36)7-6-22-16-23(44)17-25(28(22)24)32-30(37)31-29(27-8-11-38-43(27)32)33(41-14-15-45-19-21(2)18-41)40-34(39-31)46-20-35-9-4-12-42(35)13-5-10-35/h6-8,11,16-17,21,44H,3-5,9-10,12-15,18-20H2,1-2H3. The molecule has 9 nitrogen and oxygen atoms in total. The first kappa shape index (κ1) is 29.3. The maximum atomic E-state index is 17.4. The molecule has 5 aromatic rings. The number of phenolic OH excluding ortho intramolecular Hbond substituents is 1. The summed E-state index contributed by atoms with van der Waals surface area (Å²) in [7, 11) is 0. The van der Waals surface area contributed by atoms with E-state index >= 15 is 8.78 Å². The number of nitrogens with zero attached hydrogens (tertiary/aromatic N) is 6. The Labute approximate surface area is 265 Å². The number of benzene rings is 2. The van der Waals surface area contributed by atoms with Crippen LogP contribution in [0.1, 0.15) is 45.1 Å². The van der Waals surface area contributed by atoms with E-state index in [0.29, 0.717) is 78.0 Å². The molecule has 0 radical (unpaired) electrons. The van der Waals surface area contributed by atoms with Crippen LogP contribution in [0.25, 0.3) is 38.4 Å². The first-order valence-corrected chi connectivity index (χ1v) is 16.4. The van der Waals surface area contributed by atoms with Gasteiger partial charge < -0.3 is 19.5 Å². The van der Waals surface area contributed by atoms with Crippen molar-refractivity contribution in [2.75, 3.05) is 50.9 Å². The molecule has 0 bridgehead atoms. The van der Waals surface area contributed by atoms with Gasteiger partial charge in [0.15, 0.2) is 5.82 Å². The van der Waals surface area contributed by atoms with Crippen LogP contribution in [0.4, 0.5) is 14.6 Å². The molecule has 46 heavy (non-hydrogen) atoms. The molecule has 11 heteroatoms. The van der Waals surface area contributed by atoms with Gasteiger partial charge >= 0.3 is 6.01 Å². The predicted octanol–water partition coefficient (Wildman–Crippen LogP) is 6.12. The van der Waals surface area contributed by atoms with E-state index in [4.69, 9.17) is 19.4 Å². The summed E-state index contributed by atoms with van der Waals surface area (Å²) < 4.78 is 46.3. The molecule has 6 heterocycles. The van der Waals surface area contributed by atoms with Crippen LogP contribution in [0, 0.1) is 17.6 Å². The van der Waals surface area contributed by atoms with E-state index in [9.17, 15) is 5.11 Å². The van der Waals surface area contributed by atoms with Crippen molar-refractivity contribution < 1.29 is 23.4 Å². The van der Waals surface area contributed by atoms with E-state index in [0.717, 1.165) is 38.8 Å². The third kappa shape index (κ3) is 4.66. The molecule has 3 saturated heterocycles. The van der Waals surface area contributed by atoms with E-state index in [2.05, 4.69) is 21.8 Å². The van der Waals surface area contributed by atoms with Crippen LogP contribution < -0.4 is 9.64 Å². The van der Waals surface area contributed by atoms with E-state index in [1.807, 2.05) is 13.0 Å². The van der Waals surface area contributed by atoms with Crippen LogP contribution in [0.5, 0.6) is 11.8 Å². The van der Waals surface area contributed by atoms with Crippen molar-refractivity contribution in [3.05, 3.63) is 53.7 Å². The smallest absolute Gasteiger partial charge is 0.319 e. The van der Waals surface area contributed by atoms with Gasteiger partial charge in [-0.2, -0.15) is 15.1 Å². The van der Waals surface area contributed by atoms with Gasteiger partial charge in [-0.05, 0) is 91.7 Å². The molecule has 3 fully saturated rings. The highest BCUT2D eigenvalue weighted by molar-refractivity contribution is 6.07. The number of phenols is 1. The summed E-state index contributed by atoms with van der Waals surface area (Å²) in [5, 5.41) is 17.0. The number of aromatic nitrogens is 4. The van der Waals surface area contributed by atoms with Crippen LogP contribution in [-0.4, -0.2) is 81.1 Å². The van der Waals surface area contributed by atoms with Crippen LogP contribution in [0.15, 0.2) is 36.5 Å². The van der Waals surface area contributed by atoms with Gasteiger partial charge in [0.05, 0.1) is 35.9 Å². The fourth-order valence-corrected chi connectivity index (χ4v) is 8.09. The Hall–Kier alpha value is -4.09. The molecule has 0 saturated carbocycles. The molecule has 1 N–H and O–H groups in total. The normalized spacial score (nSPS) is 20.2. The van der Waals surface area contributed by atoms with Crippen molar-refractivity contribution in [1.82, 2.24) is 24.5 Å². The topological polar surface area (TPSA) is 88.3 Å². The van der Waals surface area contributed by atoms with E-state index < -0.39 is 5.82 Å². The fourth-order valence-electron chi connectivity index (χ4n) is 8.09. The molecule has 0 spiro atoms. The SMILES string of the molecule is CCc1c(F)ccc2cc(O)cc(-c3c(F)c4nc(OCC56CCCN5CCC6)nc(N5CCOCC(C)C5)c4c4ccnn34)c12. The molecule has 2 aromatic carbocycles. The lowest BCUT2D eigenvalue weighted by molar-refractivity contribution is 0.108. The molecule has 3 aliphatic heterocycles. The van der Waals surface area contributed by atoms with Crippen molar-refractivity contribution in [3.8, 4) is 23.0 Å². The average Bonchev–Trinajstić information content (AvgIpc) is 3.74. The summed E-state index contributed by atoms with van der Waals surface area (Å²) in [4.78, 5) is 14.4. The Morgan fingerprint density at radius 3 is 2.70 bits per heavy atom. The lowest BCUT2D eigenvalue weighted by atomic mass is 9.94. The molecule has 240 valence electrons. The third-order valence-corrected chi connectivity index (χ3v) is 10.2. The molecule has 1 atom stereocenters. The number of anilines is 1. The minimum absolute atomic E-state index is 0.0380. The Morgan fingerprint density at radius 1 is 1.07 bits per heavy atom. The number of hydrogen-bond donors (Lipinski definition) is 1. The molecule has 0 aliphatic carbocycles. The second-order valence-corrected chi connectivity index (χ2v) is 13.1. The zero-order valence-corrected chi connectivity index (χ0v) is 26.2. The molecule has 1 unspecified atom stereocenters. The second-order valence-electron chi connectivity index (χ2n) is 13.1. The maximum absolute atomic E-state index is 17.4. The average molecular weight is 629 g/mol. The zero-order chi connectivity index (χ0) is 31.6. The van der Waals surface area contributed by atoms with E-state index in [-0.39, 0.29) is 40.2 Å². The molecule has 0 amide bonds. The number of pyridine rings is 1. The number of rotatable bonds is 6. The van der Waals surface area contributed by atoms with Gasteiger partial charge in [0.25, 0.3) is 0 Å². The van der Waals surface area contributed by atoms with E-state index in [1.165, 1.54) is 16.6 Å². The Bertz CT molecular complexity index is 1970. The Kier molecular flexibility index (Phi) is 7.21.